The van der Waals surface area contributed by atoms with E-state index in [0.29, 0.717) is 43.3 Å². The Bertz CT molecular complexity index is 606. The Hall–Kier alpha value is -1.40. The molecule has 0 atom stereocenters. The molecule has 0 radical (unpaired) electrons. The third-order valence-corrected chi connectivity index (χ3v) is 6.02. The second kappa shape index (κ2) is 9.79. The summed E-state index contributed by atoms with van der Waals surface area (Å²) in [5, 5.41) is 2.91. The molecule has 0 saturated carbocycles. The molecular formula is C18H30N2O3S. The zero-order valence-electron chi connectivity index (χ0n) is 15.2. The minimum atomic E-state index is -3.42. The Morgan fingerprint density at radius 3 is 2.21 bits per heavy atom. The van der Waals surface area contributed by atoms with Crippen molar-refractivity contribution in [3.05, 3.63) is 29.8 Å². The van der Waals surface area contributed by atoms with Gasteiger partial charge in [-0.2, -0.15) is 4.31 Å². The maximum atomic E-state index is 12.4. The molecule has 24 heavy (non-hydrogen) atoms. The Morgan fingerprint density at radius 2 is 1.71 bits per heavy atom. The van der Waals surface area contributed by atoms with E-state index in [4.69, 9.17) is 0 Å². The molecule has 136 valence electrons. The zero-order chi connectivity index (χ0) is 18.2. The Balaban J connectivity index is 2.58. The van der Waals surface area contributed by atoms with Gasteiger partial charge in [0.2, 0.25) is 15.9 Å². The van der Waals surface area contributed by atoms with Gasteiger partial charge in [-0.1, -0.05) is 39.8 Å². The number of sulfonamides is 1. The highest BCUT2D eigenvalue weighted by molar-refractivity contribution is 7.89. The Kier molecular flexibility index (Phi) is 8.42. The average molecular weight is 355 g/mol. The van der Waals surface area contributed by atoms with Crippen molar-refractivity contribution >= 4 is 15.9 Å². The van der Waals surface area contributed by atoms with Crippen LogP contribution in [0, 0.1) is 5.92 Å². The highest BCUT2D eigenvalue weighted by Gasteiger charge is 2.21. The Labute approximate surface area is 146 Å². The average Bonchev–Trinajstić information content (AvgIpc) is 2.54. The van der Waals surface area contributed by atoms with Crippen LogP contribution in [-0.4, -0.2) is 38.3 Å². The molecule has 1 aromatic carbocycles. The van der Waals surface area contributed by atoms with Gasteiger partial charge in [-0.3, -0.25) is 4.79 Å². The van der Waals surface area contributed by atoms with Crippen LogP contribution >= 0.6 is 0 Å². The summed E-state index contributed by atoms with van der Waals surface area (Å²) in [5.74, 6) is 0.612. The molecule has 1 amide bonds. The topological polar surface area (TPSA) is 66.5 Å². The number of hydrogen-bond acceptors (Lipinski definition) is 3. The summed E-state index contributed by atoms with van der Waals surface area (Å²) in [5.41, 5.74) is 0.965. The summed E-state index contributed by atoms with van der Waals surface area (Å²) in [7, 11) is -3.42. The van der Waals surface area contributed by atoms with Crippen molar-refractivity contribution in [2.24, 2.45) is 5.92 Å². The second-order valence-corrected chi connectivity index (χ2v) is 8.20. The lowest BCUT2D eigenvalue weighted by atomic mass is 10.1. The molecule has 0 bridgehead atoms. The van der Waals surface area contributed by atoms with E-state index < -0.39 is 10.0 Å². The van der Waals surface area contributed by atoms with Crippen LogP contribution in [0.5, 0.6) is 0 Å². The van der Waals surface area contributed by atoms with Crippen molar-refractivity contribution in [2.45, 2.75) is 51.9 Å². The molecular weight excluding hydrogens is 324 g/mol. The minimum Gasteiger partial charge on any atom is -0.356 e. The van der Waals surface area contributed by atoms with E-state index in [1.165, 1.54) is 4.31 Å². The van der Waals surface area contributed by atoms with Gasteiger partial charge in [-0.05, 0) is 36.5 Å². The highest BCUT2D eigenvalue weighted by Crippen LogP contribution is 2.16. The van der Waals surface area contributed by atoms with Crippen LogP contribution in [0.4, 0.5) is 0 Å². The molecule has 0 aliphatic rings. The predicted octanol–water partition coefficient (Wildman–Crippen LogP) is 2.81. The first-order chi connectivity index (χ1) is 11.3. The lowest BCUT2D eigenvalue weighted by Crippen LogP contribution is -2.30. The first-order valence-electron chi connectivity index (χ1n) is 8.67. The van der Waals surface area contributed by atoms with E-state index in [1.807, 2.05) is 13.8 Å². The highest BCUT2D eigenvalue weighted by atomic mass is 32.2. The molecule has 6 heteroatoms. The molecule has 0 aromatic heterocycles. The number of hydrogen-bond donors (Lipinski definition) is 1. The normalized spacial score (nSPS) is 11.9. The van der Waals surface area contributed by atoms with Crippen molar-refractivity contribution < 1.29 is 13.2 Å². The van der Waals surface area contributed by atoms with Gasteiger partial charge in [0.1, 0.15) is 0 Å². The SMILES string of the molecule is CCN(CC)S(=O)(=O)c1ccc(CCC(=O)NCCC(C)C)cc1. The van der Waals surface area contributed by atoms with Crippen LogP contribution in [0.15, 0.2) is 29.2 Å². The largest absolute Gasteiger partial charge is 0.356 e. The summed E-state index contributed by atoms with van der Waals surface area (Å²) >= 11 is 0. The molecule has 1 aromatic rings. The lowest BCUT2D eigenvalue weighted by molar-refractivity contribution is -0.121. The number of amides is 1. The molecule has 0 aliphatic carbocycles. The first-order valence-corrected chi connectivity index (χ1v) is 10.1. The number of benzene rings is 1. The summed E-state index contributed by atoms with van der Waals surface area (Å²) in [6.45, 7) is 9.52. The molecule has 0 heterocycles. The fourth-order valence-corrected chi connectivity index (χ4v) is 3.85. The summed E-state index contributed by atoms with van der Waals surface area (Å²) in [6.07, 6.45) is 2.00. The number of rotatable bonds is 10. The molecule has 0 spiro atoms. The Morgan fingerprint density at radius 1 is 1.12 bits per heavy atom. The summed E-state index contributed by atoms with van der Waals surface area (Å²) in [6, 6.07) is 6.83. The molecule has 0 saturated heterocycles. The van der Waals surface area contributed by atoms with Crippen LogP contribution < -0.4 is 5.32 Å². The van der Waals surface area contributed by atoms with Crippen molar-refractivity contribution in [3.63, 3.8) is 0 Å². The van der Waals surface area contributed by atoms with E-state index >= 15 is 0 Å². The smallest absolute Gasteiger partial charge is 0.243 e. The third-order valence-electron chi connectivity index (χ3n) is 3.95. The van der Waals surface area contributed by atoms with E-state index in [2.05, 4.69) is 19.2 Å². The predicted molar refractivity (Wildman–Crippen MR) is 97.3 cm³/mol. The van der Waals surface area contributed by atoms with Gasteiger partial charge in [-0.25, -0.2) is 8.42 Å². The van der Waals surface area contributed by atoms with E-state index in [-0.39, 0.29) is 5.91 Å². The van der Waals surface area contributed by atoms with Gasteiger partial charge in [0.25, 0.3) is 0 Å². The van der Waals surface area contributed by atoms with Crippen molar-refractivity contribution in [3.8, 4) is 0 Å². The van der Waals surface area contributed by atoms with Crippen LogP contribution in [0.1, 0.15) is 46.1 Å². The standard InChI is InChI=1S/C18H30N2O3S/c1-5-20(6-2)24(22,23)17-10-7-16(8-11-17)9-12-18(21)19-14-13-15(3)4/h7-8,10-11,15H,5-6,9,12-14H2,1-4H3,(H,19,21). The number of carbonyl (C=O) groups excluding carboxylic acids is 1. The molecule has 5 nitrogen and oxygen atoms in total. The van der Waals surface area contributed by atoms with Gasteiger partial charge in [0.05, 0.1) is 4.90 Å². The van der Waals surface area contributed by atoms with Gasteiger partial charge in [0.15, 0.2) is 0 Å². The number of nitrogens with one attached hydrogen (secondary N) is 1. The maximum absolute atomic E-state index is 12.4. The third kappa shape index (κ3) is 6.24. The zero-order valence-corrected chi connectivity index (χ0v) is 16.0. The fourth-order valence-electron chi connectivity index (χ4n) is 2.39. The molecule has 0 unspecified atom stereocenters. The second-order valence-electron chi connectivity index (χ2n) is 6.27. The van der Waals surface area contributed by atoms with Gasteiger partial charge in [0, 0.05) is 26.1 Å². The van der Waals surface area contributed by atoms with E-state index in [0.717, 1.165) is 12.0 Å². The molecule has 1 rings (SSSR count). The maximum Gasteiger partial charge on any atom is 0.243 e. The fraction of sp³-hybridized carbons (Fsp3) is 0.611. The van der Waals surface area contributed by atoms with Gasteiger partial charge < -0.3 is 5.32 Å². The number of carbonyl (C=O) groups is 1. The summed E-state index contributed by atoms with van der Waals surface area (Å²) < 4.78 is 26.2. The molecule has 0 fully saturated rings. The monoisotopic (exact) mass is 354 g/mol. The van der Waals surface area contributed by atoms with Crippen LogP contribution in [-0.2, 0) is 21.2 Å². The van der Waals surface area contributed by atoms with Crippen LogP contribution in [0.3, 0.4) is 0 Å². The summed E-state index contributed by atoms with van der Waals surface area (Å²) in [4.78, 5) is 12.1. The van der Waals surface area contributed by atoms with Gasteiger partial charge >= 0.3 is 0 Å². The molecule has 1 N–H and O–H groups in total. The number of aryl methyl sites for hydroxylation is 1. The number of nitrogens with zero attached hydrogens (tertiary/aromatic N) is 1. The van der Waals surface area contributed by atoms with Crippen LogP contribution in [0.25, 0.3) is 0 Å². The quantitative estimate of drug-likeness (QED) is 0.702. The van der Waals surface area contributed by atoms with Gasteiger partial charge in [-0.15, -0.1) is 0 Å². The first kappa shape index (κ1) is 20.6. The van der Waals surface area contributed by atoms with Crippen molar-refractivity contribution in [1.29, 1.82) is 0 Å². The van der Waals surface area contributed by atoms with Crippen molar-refractivity contribution in [2.75, 3.05) is 19.6 Å². The van der Waals surface area contributed by atoms with Crippen molar-refractivity contribution in [1.82, 2.24) is 9.62 Å². The van der Waals surface area contributed by atoms with Crippen LogP contribution in [0.2, 0.25) is 0 Å². The van der Waals surface area contributed by atoms with E-state index in [1.54, 1.807) is 24.3 Å². The lowest BCUT2D eigenvalue weighted by Gasteiger charge is -2.18. The molecule has 0 aliphatic heterocycles. The van der Waals surface area contributed by atoms with E-state index in [9.17, 15) is 13.2 Å². The minimum absolute atomic E-state index is 0.0375.